The van der Waals surface area contributed by atoms with Crippen LogP contribution in [0.1, 0.15) is 23.6 Å². The van der Waals surface area contributed by atoms with Gasteiger partial charge in [0.25, 0.3) is 0 Å². The molecule has 0 saturated carbocycles. The molecular formula is C22H22N4O2. The van der Waals surface area contributed by atoms with Gasteiger partial charge in [0.2, 0.25) is 0 Å². The molecule has 4 rings (SSSR count). The van der Waals surface area contributed by atoms with Gasteiger partial charge in [-0.1, -0.05) is 36.9 Å². The lowest BCUT2D eigenvalue weighted by Gasteiger charge is -2.22. The first-order chi connectivity index (χ1) is 13.3. The Hall–Kier alpha value is -3.54. The molecule has 1 saturated heterocycles. The highest BCUT2D eigenvalue weighted by Crippen LogP contribution is 2.37. The number of carbonyl (C=O) groups excluding carboxylic acids is 2. The van der Waals surface area contributed by atoms with E-state index in [4.69, 9.17) is 0 Å². The number of hydrogen-bond acceptors (Lipinski definition) is 2. The van der Waals surface area contributed by atoms with Crippen LogP contribution in [0.5, 0.6) is 0 Å². The normalized spacial score (nSPS) is 19.8. The standard InChI is InChI=1S/C22H22N4O2/c1-13(2)15-5-4-6-18(9-15)24-20(27)25-19-8-7-16-11-22(12-17(16)10-19)14(3)23-21(28)26-22/h4-10H,1,3,11-12H2,2H3,(H2,23,26,28)(H2,24,25,27). The molecule has 4 N–H and O–H groups in total. The number of amides is 4. The van der Waals surface area contributed by atoms with Gasteiger partial charge in [-0.2, -0.15) is 0 Å². The SMILES string of the molecule is C=C(C)c1cccc(NC(=O)Nc2ccc3c(c2)CC2(C3)NC(=O)NC2=C)c1. The molecule has 4 amide bonds. The molecule has 0 aromatic heterocycles. The summed E-state index contributed by atoms with van der Waals surface area (Å²) < 4.78 is 0. The minimum Gasteiger partial charge on any atom is -0.326 e. The van der Waals surface area contributed by atoms with Gasteiger partial charge in [-0.15, -0.1) is 0 Å². The van der Waals surface area contributed by atoms with Gasteiger partial charge >= 0.3 is 12.1 Å². The summed E-state index contributed by atoms with van der Waals surface area (Å²) in [7, 11) is 0. The first kappa shape index (κ1) is 17.9. The van der Waals surface area contributed by atoms with Crippen LogP contribution in [0.2, 0.25) is 0 Å². The zero-order chi connectivity index (χ0) is 19.9. The third-order valence-corrected chi connectivity index (χ3v) is 5.26. The Morgan fingerprint density at radius 2 is 1.79 bits per heavy atom. The fourth-order valence-electron chi connectivity index (χ4n) is 3.79. The molecule has 1 atom stereocenters. The second-order valence-electron chi connectivity index (χ2n) is 7.42. The summed E-state index contributed by atoms with van der Waals surface area (Å²) in [5.41, 5.74) is 5.78. The smallest absolute Gasteiger partial charge is 0.323 e. The van der Waals surface area contributed by atoms with E-state index in [1.807, 2.05) is 49.4 Å². The number of fused-ring (bicyclic) bond motifs is 1. The van der Waals surface area contributed by atoms with Crippen molar-refractivity contribution in [2.24, 2.45) is 0 Å². The molecular weight excluding hydrogens is 352 g/mol. The summed E-state index contributed by atoms with van der Waals surface area (Å²) in [4.78, 5) is 24.0. The van der Waals surface area contributed by atoms with Gasteiger partial charge in [0.15, 0.2) is 0 Å². The zero-order valence-electron chi connectivity index (χ0n) is 15.7. The minimum absolute atomic E-state index is 0.215. The van der Waals surface area contributed by atoms with Crippen molar-refractivity contribution in [3.8, 4) is 0 Å². The van der Waals surface area contributed by atoms with E-state index < -0.39 is 5.54 Å². The molecule has 1 fully saturated rings. The third-order valence-electron chi connectivity index (χ3n) is 5.26. The number of hydrogen-bond donors (Lipinski definition) is 4. The Bertz CT molecular complexity index is 1030. The van der Waals surface area contributed by atoms with Crippen LogP contribution in [0.25, 0.3) is 5.57 Å². The molecule has 142 valence electrons. The van der Waals surface area contributed by atoms with Crippen molar-refractivity contribution >= 4 is 29.0 Å². The average molecular weight is 374 g/mol. The molecule has 6 nitrogen and oxygen atoms in total. The Morgan fingerprint density at radius 3 is 2.46 bits per heavy atom. The van der Waals surface area contributed by atoms with Crippen molar-refractivity contribution in [1.82, 2.24) is 10.6 Å². The van der Waals surface area contributed by atoms with Crippen LogP contribution in [0, 0.1) is 0 Å². The maximum Gasteiger partial charge on any atom is 0.323 e. The summed E-state index contributed by atoms with van der Waals surface area (Å²) in [5.74, 6) is 0. The van der Waals surface area contributed by atoms with Gasteiger partial charge in [-0.3, -0.25) is 0 Å². The molecule has 1 aliphatic carbocycles. The largest absolute Gasteiger partial charge is 0.326 e. The molecule has 28 heavy (non-hydrogen) atoms. The molecule has 1 heterocycles. The predicted molar refractivity (Wildman–Crippen MR) is 111 cm³/mol. The number of benzene rings is 2. The molecule has 0 radical (unpaired) electrons. The van der Waals surface area contributed by atoms with E-state index in [9.17, 15) is 9.59 Å². The van der Waals surface area contributed by atoms with Gasteiger partial charge in [-0.25, -0.2) is 9.59 Å². The number of nitrogens with one attached hydrogen (secondary N) is 4. The van der Waals surface area contributed by atoms with Crippen LogP contribution in [0.4, 0.5) is 21.0 Å². The molecule has 2 aromatic carbocycles. The quantitative estimate of drug-likeness (QED) is 0.654. The molecule has 1 aliphatic heterocycles. The summed E-state index contributed by atoms with van der Waals surface area (Å²) >= 11 is 0. The summed E-state index contributed by atoms with van der Waals surface area (Å²) in [6.45, 7) is 9.83. The van der Waals surface area contributed by atoms with E-state index in [0.29, 0.717) is 29.9 Å². The van der Waals surface area contributed by atoms with Crippen LogP contribution < -0.4 is 21.3 Å². The maximum absolute atomic E-state index is 12.4. The topological polar surface area (TPSA) is 82.3 Å². The second kappa shape index (κ2) is 6.56. The summed E-state index contributed by atoms with van der Waals surface area (Å²) in [6, 6.07) is 12.8. The van der Waals surface area contributed by atoms with Gasteiger partial charge in [-0.05, 0) is 47.9 Å². The van der Waals surface area contributed by atoms with Gasteiger partial charge in [0.1, 0.15) is 0 Å². The zero-order valence-corrected chi connectivity index (χ0v) is 15.7. The molecule has 2 aromatic rings. The van der Waals surface area contributed by atoms with Gasteiger partial charge in [0.05, 0.1) is 5.54 Å². The Labute approximate surface area is 163 Å². The minimum atomic E-state index is -0.469. The number of urea groups is 2. The first-order valence-electron chi connectivity index (χ1n) is 9.09. The van der Waals surface area contributed by atoms with Crippen molar-refractivity contribution in [2.75, 3.05) is 10.6 Å². The lowest BCUT2D eigenvalue weighted by Crippen LogP contribution is -2.42. The number of carbonyl (C=O) groups is 2. The maximum atomic E-state index is 12.4. The molecule has 1 unspecified atom stereocenters. The Morgan fingerprint density at radius 1 is 1.07 bits per heavy atom. The van der Waals surface area contributed by atoms with Crippen LogP contribution in [0.3, 0.4) is 0 Å². The summed E-state index contributed by atoms with van der Waals surface area (Å²) in [6.07, 6.45) is 1.35. The molecule has 6 heteroatoms. The fourth-order valence-corrected chi connectivity index (χ4v) is 3.79. The highest BCUT2D eigenvalue weighted by atomic mass is 16.2. The molecule has 1 spiro atoms. The Kier molecular flexibility index (Phi) is 4.19. The van der Waals surface area contributed by atoms with E-state index >= 15 is 0 Å². The van der Waals surface area contributed by atoms with Crippen LogP contribution in [-0.2, 0) is 12.8 Å². The fraction of sp³-hybridized carbons (Fsp3) is 0.182. The second-order valence-corrected chi connectivity index (χ2v) is 7.42. The van der Waals surface area contributed by atoms with E-state index in [-0.39, 0.29) is 12.1 Å². The monoisotopic (exact) mass is 374 g/mol. The average Bonchev–Trinajstić information content (AvgIpc) is 3.12. The predicted octanol–water partition coefficient (Wildman–Crippen LogP) is 4.03. The van der Waals surface area contributed by atoms with Crippen LogP contribution in [-0.4, -0.2) is 17.6 Å². The number of anilines is 2. The van der Waals surface area contributed by atoms with Gasteiger partial charge in [0, 0.05) is 29.9 Å². The molecule has 0 bridgehead atoms. The highest BCUT2D eigenvalue weighted by Gasteiger charge is 2.45. The molecule has 2 aliphatic rings. The van der Waals surface area contributed by atoms with Crippen molar-refractivity contribution < 1.29 is 9.59 Å². The van der Waals surface area contributed by atoms with E-state index in [1.54, 1.807) is 0 Å². The van der Waals surface area contributed by atoms with E-state index in [2.05, 4.69) is 34.4 Å². The van der Waals surface area contributed by atoms with Crippen molar-refractivity contribution in [3.05, 3.63) is 78.0 Å². The van der Waals surface area contributed by atoms with Crippen molar-refractivity contribution in [2.45, 2.75) is 25.3 Å². The van der Waals surface area contributed by atoms with Crippen LogP contribution in [0.15, 0.2) is 61.3 Å². The lowest BCUT2D eigenvalue weighted by atomic mass is 9.94. The van der Waals surface area contributed by atoms with E-state index in [1.165, 1.54) is 0 Å². The van der Waals surface area contributed by atoms with Crippen LogP contribution >= 0.6 is 0 Å². The van der Waals surface area contributed by atoms with Gasteiger partial charge < -0.3 is 21.3 Å². The first-order valence-corrected chi connectivity index (χ1v) is 9.09. The number of rotatable bonds is 3. The highest BCUT2D eigenvalue weighted by molar-refractivity contribution is 6.00. The summed E-state index contributed by atoms with van der Waals surface area (Å²) in [5, 5.41) is 11.4. The third kappa shape index (κ3) is 3.24. The van der Waals surface area contributed by atoms with Crippen molar-refractivity contribution in [3.63, 3.8) is 0 Å². The van der Waals surface area contributed by atoms with E-state index in [0.717, 1.165) is 22.3 Å². The van der Waals surface area contributed by atoms with Crippen molar-refractivity contribution in [1.29, 1.82) is 0 Å². The Balaban J connectivity index is 1.45. The lowest BCUT2D eigenvalue weighted by molar-refractivity contribution is 0.244. The number of allylic oxidation sites excluding steroid dienone is 1.